The van der Waals surface area contributed by atoms with E-state index in [1.54, 1.807) is 0 Å². The SMILES string of the molecule is [2H]C([2H])([2H])n1cnc2c1CCN(C(=O)O)C2. The van der Waals surface area contributed by atoms with Crippen molar-refractivity contribution in [1.29, 1.82) is 0 Å². The van der Waals surface area contributed by atoms with E-state index < -0.39 is 13.1 Å². The monoisotopic (exact) mass is 184 g/mol. The Kier molecular flexibility index (Phi) is 1.12. The molecule has 0 saturated carbocycles. The number of nitrogens with zero attached hydrogens (tertiary/aromatic N) is 3. The number of fused-ring (bicyclic) bond motifs is 1. The molecule has 0 radical (unpaired) electrons. The Morgan fingerprint density at radius 2 is 2.69 bits per heavy atom. The van der Waals surface area contributed by atoms with Crippen molar-refractivity contribution in [3.63, 3.8) is 0 Å². The van der Waals surface area contributed by atoms with Gasteiger partial charge in [0.25, 0.3) is 0 Å². The summed E-state index contributed by atoms with van der Waals surface area (Å²) in [7, 11) is 0. The van der Waals surface area contributed by atoms with Gasteiger partial charge in [-0.3, -0.25) is 0 Å². The molecular formula is C8H11N3O2. The van der Waals surface area contributed by atoms with Crippen LogP contribution in [0.3, 0.4) is 0 Å². The summed E-state index contributed by atoms with van der Waals surface area (Å²) in [5.74, 6) is 0. The number of aromatic nitrogens is 2. The summed E-state index contributed by atoms with van der Waals surface area (Å²) < 4.78 is 23.0. The second-order valence-electron chi connectivity index (χ2n) is 2.96. The standard InChI is InChI=1S/C8H11N3O2/c1-10-5-9-6-4-11(8(12)13)3-2-7(6)10/h5H,2-4H2,1H3,(H,12,13)/i1D3. The third-order valence-electron chi connectivity index (χ3n) is 2.18. The second kappa shape index (κ2) is 2.76. The molecule has 0 fully saturated rings. The van der Waals surface area contributed by atoms with Crippen LogP contribution in [0.1, 0.15) is 15.5 Å². The van der Waals surface area contributed by atoms with Gasteiger partial charge in [-0.25, -0.2) is 9.78 Å². The molecule has 0 unspecified atom stereocenters. The predicted molar refractivity (Wildman–Crippen MR) is 45.3 cm³/mol. The quantitative estimate of drug-likeness (QED) is 0.637. The largest absolute Gasteiger partial charge is 0.465 e. The molecule has 13 heavy (non-hydrogen) atoms. The molecule has 1 N–H and O–H groups in total. The van der Waals surface area contributed by atoms with Gasteiger partial charge < -0.3 is 14.6 Å². The van der Waals surface area contributed by atoms with Crippen molar-refractivity contribution < 1.29 is 14.0 Å². The Labute approximate surface area is 79.8 Å². The van der Waals surface area contributed by atoms with E-state index >= 15 is 0 Å². The van der Waals surface area contributed by atoms with Gasteiger partial charge in [-0.1, -0.05) is 0 Å². The molecule has 0 bridgehead atoms. The van der Waals surface area contributed by atoms with Crippen molar-refractivity contribution in [2.75, 3.05) is 6.54 Å². The molecule has 70 valence electrons. The molecule has 1 amide bonds. The highest BCUT2D eigenvalue weighted by molar-refractivity contribution is 5.65. The molecule has 5 heteroatoms. The zero-order chi connectivity index (χ0) is 11.9. The van der Waals surface area contributed by atoms with Gasteiger partial charge in [0.15, 0.2) is 0 Å². The van der Waals surface area contributed by atoms with Crippen LogP contribution in [0.5, 0.6) is 0 Å². The average molecular weight is 184 g/mol. The van der Waals surface area contributed by atoms with Crippen molar-refractivity contribution in [1.82, 2.24) is 14.5 Å². The molecule has 2 heterocycles. The number of hydrogen-bond donors (Lipinski definition) is 1. The van der Waals surface area contributed by atoms with Gasteiger partial charge in [-0.05, 0) is 0 Å². The van der Waals surface area contributed by atoms with Gasteiger partial charge in [0.05, 0.1) is 18.6 Å². The first-order valence-electron chi connectivity index (χ1n) is 5.43. The van der Waals surface area contributed by atoms with E-state index in [9.17, 15) is 4.79 Å². The molecular weight excluding hydrogens is 170 g/mol. The van der Waals surface area contributed by atoms with Crippen molar-refractivity contribution in [3.05, 3.63) is 17.7 Å². The molecule has 2 rings (SSSR count). The average Bonchev–Trinajstić information content (AvgIpc) is 2.58. The van der Waals surface area contributed by atoms with E-state index in [-0.39, 0.29) is 6.54 Å². The molecule has 0 aliphatic carbocycles. The smallest absolute Gasteiger partial charge is 0.407 e. The highest BCUT2D eigenvalue weighted by atomic mass is 16.4. The first-order chi connectivity index (χ1) is 7.39. The Morgan fingerprint density at radius 3 is 3.38 bits per heavy atom. The van der Waals surface area contributed by atoms with Gasteiger partial charge in [0.2, 0.25) is 0 Å². The lowest BCUT2D eigenvalue weighted by Gasteiger charge is -2.23. The fourth-order valence-electron chi connectivity index (χ4n) is 1.47. The van der Waals surface area contributed by atoms with Gasteiger partial charge in [0, 0.05) is 29.7 Å². The van der Waals surface area contributed by atoms with Crippen LogP contribution in [0.2, 0.25) is 0 Å². The number of hydrogen-bond acceptors (Lipinski definition) is 2. The number of amides is 1. The second-order valence-corrected chi connectivity index (χ2v) is 2.96. The summed E-state index contributed by atoms with van der Waals surface area (Å²) >= 11 is 0. The molecule has 1 aliphatic rings. The van der Waals surface area contributed by atoms with E-state index in [2.05, 4.69) is 4.98 Å². The lowest BCUT2D eigenvalue weighted by Crippen LogP contribution is -2.35. The third-order valence-corrected chi connectivity index (χ3v) is 2.18. The van der Waals surface area contributed by atoms with E-state index in [0.29, 0.717) is 24.4 Å². The third kappa shape index (κ3) is 1.26. The van der Waals surface area contributed by atoms with Crippen LogP contribution in [0.4, 0.5) is 4.79 Å². The Hall–Kier alpha value is -1.52. The summed E-state index contributed by atoms with van der Waals surface area (Å²) in [5.41, 5.74) is 1.14. The number of rotatable bonds is 0. The van der Waals surface area contributed by atoms with E-state index in [4.69, 9.17) is 9.22 Å². The molecule has 1 aliphatic heterocycles. The van der Waals surface area contributed by atoms with Crippen LogP contribution < -0.4 is 0 Å². The molecule has 0 saturated heterocycles. The van der Waals surface area contributed by atoms with E-state index in [1.165, 1.54) is 11.2 Å². The van der Waals surface area contributed by atoms with Gasteiger partial charge in [-0.15, -0.1) is 0 Å². The fourth-order valence-corrected chi connectivity index (χ4v) is 1.47. The van der Waals surface area contributed by atoms with Gasteiger partial charge >= 0.3 is 6.09 Å². The van der Waals surface area contributed by atoms with Crippen LogP contribution >= 0.6 is 0 Å². The van der Waals surface area contributed by atoms with Crippen molar-refractivity contribution in [2.24, 2.45) is 6.98 Å². The Bertz CT molecular complexity index is 427. The molecule has 1 aromatic rings. The minimum Gasteiger partial charge on any atom is -0.465 e. The summed E-state index contributed by atoms with van der Waals surface area (Å²) in [6.45, 7) is -1.77. The fraction of sp³-hybridized carbons (Fsp3) is 0.500. The number of carbonyl (C=O) groups is 1. The van der Waals surface area contributed by atoms with Crippen LogP contribution in [0.25, 0.3) is 0 Å². The number of aryl methyl sites for hydroxylation is 1. The van der Waals surface area contributed by atoms with Gasteiger partial charge in [-0.2, -0.15) is 0 Å². The maximum atomic E-state index is 10.7. The Balaban J connectivity index is 2.31. The molecule has 0 spiro atoms. The summed E-state index contributed by atoms with van der Waals surface area (Å²) in [4.78, 5) is 15.9. The minimum absolute atomic E-state index is 0.160. The lowest BCUT2D eigenvalue weighted by molar-refractivity contribution is 0.139. The maximum Gasteiger partial charge on any atom is 0.407 e. The maximum absolute atomic E-state index is 10.7. The summed E-state index contributed by atoms with van der Waals surface area (Å²) in [6.07, 6.45) is 0.636. The van der Waals surface area contributed by atoms with Crippen LogP contribution in [-0.4, -0.2) is 32.2 Å². The van der Waals surface area contributed by atoms with Crippen molar-refractivity contribution in [3.8, 4) is 0 Å². The summed E-state index contributed by atoms with van der Waals surface area (Å²) in [6, 6.07) is 0. The highest BCUT2D eigenvalue weighted by Gasteiger charge is 2.22. The summed E-state index contributed by atoms with van der Waals surface area (Å²) in [5, 5.41) is 8.81. The molecule has 1 aromatic heterocycles. The van der Waals surface area contributed by atoms with E-state index in [1.807, 2.05) is 0 Å². The van der Waals surface area contributed by atoms with Crippen LogP contribution in [0, 0.1) is 0 Å². The minimum atomic E-state index is -2.24. The zero-order valence-electron chi connectivity index (χ0n) is 9.90. The molecule has 0 aromatic carbocycles. The van der Waals surface area contributed by atoms with Gasteiger partial charge in [0.1, 0.15) is 0 Å². The van der Waals surface area contributed by atoms with Crippen molar-refractivity contribution >= 4 is 6.09 Å². The number of carboxylic acid groups (broad SMARTS) is 1. The Morgan fingerprint density at radius 1 is 1.85 bits per heavy atom. The highest BCUT2D eigenvalue weighted by Crippen LogP contribution is 2.16. The normalized spacial score (nSPS) is 20.0. The molecule has 5 nitrogen and oxygen atoms in total. The first kappa shape index (κ1) is 5.26. The molecule has 0 atom stereocenters. The van der Waals surface area contributed by atoms with Crippen molar-refractivity contribution in [2.45, 2.75) is 13.0 Å². The van der Waals surface area contributed by atoms with E-state index in [0.717, 1.165) is 4.57 Å². The number of imidazole rings is 1. The van der Waals surface area contributed by atoms with Crippen LogP contribution in [0.15, 0.2) is 6.33 Å². The topological polar surface area (TPSA) is 58.4 Å². The predicted octanol–water partition coefficient (Wildman–Crippen LogP) is 0.456. The van der Waals surface area contributed by atoms with Crippen LogP contribution in [-0.2, 0) is 19.9 Å². The lowest BCUT2D eigenvalue weighted by atomic mass is 10.1. The first-order valence-corrected chi connectivity index (χ1v) is 3.93. The zero-order valence-corrected chi connectivity index (χ0v) is 6.90.